The van der Waals surface area contributed by atoms with Gasteiger partial charge in [0, 0.05) is 19.6 Å². The highest BCUT2D eigenvalue weighted by molar-refractivity contribution is 5.70. The summed E-state index contributed by atoms with van der Waals surface area (Å²) in [6, 6.07) is 5.52. The van der Waals surface area contributed by atoms with Gasteiger partial charge in [0.15, 0.2) is 5.75 Å². The highest BCUT2D eigenvalue weighted by Crippen LogP contribution is 2.38. The minimum atomic E-state index is -0.355. The summed E-state index contributed by atoms with van der Waals surface area (Å²) in [5.74, 6) is 0.334. The molecule has 1 aliphatic heterocycles. The zero-order valence-corrected chi connectivity index (χ0v) is 12.1. The molecular weight excluding hydrogens is 258 g/mol. The van der Waals surface area contributed by atoms with Crippen LogP contribution in [0, 0.1) is 10.1 Å². The van der Waals surface area contributed by atoms with Crippen LogP contribution in [0.4, 0.5) is 11.4 Å². The van der Waals surface area contributed by atoms with E-state index in [4.69, 9.17) is 4.74 Å². The second-order valence-corrected chi connectivity index (χ2v) is 5.31. The number of likely N-dealkylation sites (N-methyl/N-ethyl adjacent to an activating group) is 1. The van der Waals surface area contributed by atoms with Crippen LogP contribution in [0.5, 0.6) is 5.75 Å². The van der Waals surface area contributed by atoms with Crippen molar-refractivity contribution in [3.63, 3.8) is 0 Å². The Balaban J connectivity index is 2.38. The van der Waals surface area contributed by atoms with Crippen molar-refractivity contribution in [2.75, 3.05) is 25.0 Å². The summed E-state index contributed by atoms with van der Waals surface area (Å²) < 4.78 is 5.58. The number of ether oxygens (including phenoxy) is 1. The van der Waals surface area contributed by atoms with E-state index in [0.29, 0.717) is 11.4 Å². The largest absolute Gasteiger partial charge is 0.484 e. The van der Waals surface area contributed by atoms with E-state index in [0.717, 1.165) is 19.5 Å². The lowest BCUT2D eigenvalue weighted by atomic mass is 10.1. The molecule has 0 amide bonds. The fourth-order valence-electron chi connectivity index (χ4n) is 2.49. The molecule has 1 aliphatic rings. The van der Waals surface area contributed by atoms with Crippen molar-refractivity contribution in [1.82, 2.24) is 5.32 Å². The Hall–Kier alpha value is -1.82. The number of hydrogen-bond donors (Lipinski definition) is 1. The lowest BCUT2D eigenvalue weighted by Crippen LogP contribution is -2.33. The van der Waals surface area contributed by atoms with E-state index in [1.807, 2.05) is 25.8 Å². The van der Waals surface area contributed by atoms with Crippen molar-refractivity contribution in [3.8, 4) is 5.75 Å². The number of para-hydroxylation sites is 1. The predicted octanol–water partition coefficient (Wildman–Crippen LogP) is 2.18. The molecular formula is C14H21N3O3. The topological polar surface area (TPSA) is 67.6 Å². The minimum Gasteiger partial charge on any atom is -0.484 e. The fourth-order valence-corrected chi connectivity index (χ4v) is 2.49. The van der Waals surface area contributed by atoms with Crippen LogP contribution in [0.25, 0.3) is 0 Å². The number of anilines is 1. The number of benzene rings is 1. The first-order valence-corrected chi connectivity index (χ1v) is 6.88. The monoisotopic (exact) mass is 279 g/mol. The zero-order valence-electron chi connectivity index (χ0n) is 12.1. The standard InChI is InChI=1S/C14H21N3O3/c1-10(2)20-13-6-4-5-12(14(13)17(18)19)16(3)11-7-8-15-9-11/h4-6,10-11,15H,7-9H2,1-3H3. The second kappa shape index (κ2) is 6.09. The Labute approximate surface area is 118 Å². The molecule has 1 saturated heterocycles. The van der Waals surface area contributed by atoms with Gasteiger partial charge < -0.3 is 15.0 Å². The highest BCUT2D eigenvalue weighted by atomic mass is 16.6. The Kier molecular flexibility index (Phi) is 4.44. The average molecular weight is 279 g/mol. The van der Waals surface area contributed by atoms with Gasteiger partial charge in [-0.15, -0.1) is 0 Å². The van der Waals surface area contributed by atoms with Gasteiger partial charge in [0.25, 0.3) is 0 Å². The quantitative estimate of drug-likeness (QED) is 0.661. The van der Waals surface area contributed by atoms with Crippen LogP contribution in [0.1, 0.15) is 20.3 Å². The van der Waals surface area contributed by atoms with Gasteiger partial charge >= 0.3 is 5.69 Å². The number of nitrogens with zero attached hydrogens (tertiary/aromatic N) is 2. The minimum absolute atomic E-state index is 0.0515. The van der Waals surface area contributed by atoms with Crippen LogP contribution in [-0.2, 0) is 0 Å². The SMILES string of the molecule is CC(C)Oc1cccc(N(C)C2CCNC2)c1[N+](=O)[O-]. The van der Waals surface area contributed by atoms with Crippen LogP contribution in [0.3, 0.4) is 0 Å². The van der Waals surface area contributed by atoms with Crippen molar-refractivity contribution < 1.29 is 9.66 Å². The van der Waals surface area contributed by atoms with Crippen LogP contribution >= 0.6 is 0 Å². The first-order valence-electron chi connectivity index (χ1n) is 6.88. The van der Waals surface area contributed by atoms with Crippen LogP contribution in [0.2, 0.25) is 0 Å². The molecule has 1 unspecified atom stereocenters. The zero-order chi connectivity index (χ0) is 14.7. The number of nitrogens with one attached hydrogen (secondary N) is 1. The van der Waals surface area contributed by atoms with Gasteiger partial charge in [-0.2, -0.15) is 0 Å². The summed E-state index contributed by atoms with van der Waals surface area (Å²) in [6.45, 7) is 5.52. The molecule has 0 saturated carbocycles. The molecule has 0 aromatic heterocycles. The molecule has 0 aliphatic carbocycles. The van der Waals surface area contributed by atoms with Gasteiger partial charge in [-0.1, -0.05) is 6.07 Å². The Morgan fingerprint density at radius 3 is 2.80 bits per heavy atom. The number of nitro benzene ring substituents is 1. The number of rotatable bonds is 5. The maximum absolute atomic E-state index is 11.4. The molecule has 110 valence electrons. The molecule has 0 bridgehead atoms. The van der Waals surface area contributed by atoms with E-state index in [1.54, 1.807) is 18.2 Å². The third-order valence-corrected chi connectivity index (χ3v) is 3.48. The molecule has 2 rings (SSSR count). The molecule has 6 nitrogen and oxygen atoms in total. The molecule has 20 heavy (non-hydrogen) atoms. The van der Waals surface area contributed by atoms with Crippen molar-refractivity contribution in [3.05, 3.63) is 28.3 Å². The Morgan fingerprint density at radius 1 is 1.50 bits per heavy atom. The molecule has 6 heteroatoms. The van der Waals surface area contributed by atoms with E-state index in [-0.39, 0.29) is 22.8 Å². The second-order valence-electron chi connectivity index (χ2n) is 5.31. The van der Waals surface area contributed by atoms with Crippen LogP contribution in [0.15, 0.2) is 18.2 Å². The normalized spacial score (nSPS) is 18.3. The Bertz CT molecular complexity index is 485. The van der Waals surface area contributed by atoms with E-state index in [9.17, 15) is 10.1 Å². The summed E-state index contributed by atoms with van der Waals surface area (Å²) in [5.41, 5.74) is 0.664. The first-order chi connectivity index (χ1) is 9.50. The maximum atomic E-state index is 11.4. The lowest BCUT2D eigenvalue weighted by molar-refractivity contribution is -0.385. The summed E-state index contributed by atoms with van der Waals surface area (Å²) in [6.07, 6.45) is 0.894. The van der Waals surface area contributed by atoms with Gasteiger partial charge in [0.1, 0.15) is 5.69 Å². The highest BCUT2D eigenvalue weighted by Gasteiger charge is 2.28. The molecule has 1 aromatic carbocycles. The summed E-state index contributed by atoms with van der Waals surface area (Å²) in [7, 11) is 1.90. The summed E-state index contributed by atoms with van der Waals surface area (Å²) >= 11 is 0. The first kappa shape index (κ1) is 14.6. The molecule has 1 fully saturated rings. The summed E-state index contributed by atoms with van der Waals surface area (Å²) in [5, 5.41) is 14.7. The van der Waals surface area contributed by atoms with Gasteiger partial charge in [-0.05, 0) is 38.9 Å². The number of hydrogen-bond acceptors (Lipinski definition) is 5. The van der Waals surface area contributed by atoms with E-state index in [1.165, 1.54) is 0 Å². The molecule has 1 N–H and O–H groups in total. The number of nitro groups is 1. The third-order valence-electron chi connectivity index (χ3n) is 3.48. The molecule has 1 atom stereocenters. The molecule has 0 spiro atoms. The maximum Gasteiger partial charge on any atom is 0.333 e. The van der Waals surface area contributed by atoms with Gasteiger partial charge in [-0.25, -0.2) is 0 Å². The van der Waals surface area contributed by atoms with E-state index < -0.39 is 0 Å². The third kappa shape index (κ3) is 3.01. The van der Waals surface area contributed by atoms with Crippen LogP contribution < -0.4 is 15.0 Å². The predicted molar refractivity (Wildman–Crippen MR) is 78.5 cm³/mol. The van der Waals surface area contributed by atoms with Crippen molar-refractivity contribution >= 4 is 11.4 Å². The van der Waals surface area contributed by atoms with Crippen molar-refractivity contribution in [1.29, 1.82) is 0 Å². The Morgan fingerprint density at radius 2 is 2.25 bits per heavy atom. The van der Waals surface area contributed by atoms with Crippen LogP contribution in [-0.4, -0.2) is 37.2 Å². The van der Waals surface area contributed by atoms with Crippen molar-refractivity contribution in [2.45, 2.75) is 32.4 Å². The van der Waals surface area contributed by atoms with E-state index >= 15 is 0 Å². The van der Waals surface area contributed by atoms with Gasteiger partial charge in [-0.3, -0.25) is 10.1 Å². The van der Waals surface area contributed by atoms with Gasteiger partial charge in [0.05, 0.1) is 11.0 Å². The lowest BCUT2D eigenvalue weighted by Gasteiger charge is -2.26. The van der Waals surface area contributed by atoms with Crippen molar-refractivity contribution in [2.24, 2.45) is 0 Å². The van der Waals surface area contributed by atoms with Gasteiger partial charge in [0.2, 0.25) is 0 Å². The van der Waals surface area contributed by atoms with E-state index in [2.05, 4.69) is 5.32 Å². The molecule has 0 radical (unpaired) electrons. The molecule has 1 aromatic rings. The average Bonchev–Trinajstić information content (AvgIpc) is 2.90. The summed E-state index contributed by atoms with van der Waals surface area (Å²) in [4.78, 5) is 13.0. The molecule has 1 heterocycles. The fraction of sp³-hybridized carbons (Fsp3) is 0.571. The smallest absolute Gasteiger partial charge is 0.333 e.